The number of anilines is 1. The molecule has 0 radical (unpaired) electrons. The summed E-state index contributed by atoms with van der Waals surface area (Å²) in [6, 6.07) is 16.9. The molecule has 0 spiro atoms. The van der Waals surface area contributed by atoms with E-state index in [1.165, 1.54) is 17.7 Å². The van der Waals surface area contributed by atoms with E-state index in [1.54, 1.807) is 12.1 Å². The van der Waals surface area contributed by atoms with Crippen molar-refractivity contribution >= 4 is 23.3 Å². The second kappa shape index (κ2) is 12.1. The van der Waals surface area contributed by atoms with Gasteiger partial charge >= 0.3 is 0 Å². The summed E-state index contributed by atoms with van der Waals surface area (Å²) < 4.78 is 28.6. The van der Waals surface area contributed by atoms with Gasteiger partial charge < -0.3 is 15.1 Å². The van der Waals surface area contributed by atoms with Crippen LogP contribution in [-0.2, 0) is 11.2 Å². The topological polar surface area (TPSA) is 85.2 Å². The minimum atomic E-state index is -0.662. The van der Waals surface area contributed by atoms with Gasteiger partial charge in [-0.25, -0.2) is 8.78 Å². The van der Waals surface area contributed by atoms with Crippen molar-refractivity contribution in [2.75, 3.05) is 37.6 Å². The van der Waals surface area contributed by atoms with Gasteiger partial charge in [-0.05, 0) is 60.7 Å². The quantitative estimate of drug-likeness (QED) is 0.509. The predicted octanol–water partition coefficient (Wildman–Crippen LogP) is 4.32. The van der Waals surface area contributed by atoms with E-state index in [2.05, 4.69) is 15.5 Å². The highest BCUT2D eigenvalue weighted by atomic mass is 35.5. The van der Waals surface area contributed by atoms with Gasteiger partial charge in [-0.15, -0.1) is 10.2 Å². The molecule has 202 valence electrons. The maximum atomic E-state index is 14.9. The smallest absolute Gasteiger partial charge is 0.228 e. The van der Waals surface area contributed by atoms with E-state index >= 15 is 0 Å². The second-order valence-corrected chi connectivity index (χ2v) is 10.6. The zero-order valence-electron chi connectivity index (χ0n) is 21.4. The first-order valence-corrected chi connectivity index (χ1v) is 13.5. The first kappa shape index (κ1) is 27.0. The zero-order valence-corrected chi connectivity index (χ0v) is 22.1. The number of hydrogen-bond acceptors (Lipinski definition) is 6. The number of hydrogen-bond donors (Lipinski definition) is 1. The number of rotatable bonds is 5. The number of nitrogens with zero attached hydrogens (tertiary/aromatic N) is 5. The van der Waals surface area contributed by atoms with Gasteiger partial charge in [0.05, 0.1) is 5.92 Å². The molecular formula is C29H29ClF2N6O. The lowest BCUT2D eigenvalue weighted by Crippen LogP contribution is -2.47. The summed E-state index contributed by atoms with van der Waals surface area (Å²) >= 11 is 6.01. The first-order valence-electron chi connectivity index (χ1n) is 13.1. The Hall–Kier alpha value is -3.61. The van der Waals surface area contributed by atoms with Gasteiger partial charge in [0.2, 0.25) is 5.91 Å². The Morgan fingerprint density at radius 1 is 1.08 bits per heavy atom. The first-order chi connectivity index (χ1) is 18.9. The lowest BCUT2D eigenvalue weighted by atomic mass is 9.87. The molecule has 1 aromatic heterocycles. The molecule has 39 heavy (non-hydrogen) atoms. The summed E-state index contributed by atoms with van der Waals surface area (Å²) in [6.45, 7) is 2.46. The molecule has 2 saturated heterocycles. The van der Waals surface area contributed by atoms with Crippen LogP contribution in [0, 0.1) is 28.9 Å². The fraction of sp³-hybridized carbons (Fsp3) is 0.379. The number of halogens is 3. The maximum absolute atomic E-state index is 14.9. The van der Waals surface area contributed by atoms with Gasteiger partial charge in [-0.3, -0.25) is 4.79 Å². The lowest BCUT2D eigenvalue weighted by molar-refractivity contribution is -0.135. The number of aromatic nitrogens is 2. The van der Waals surface area contributed by atoms with E-state index < -0.39 is 23.5 Å². The Morgan fingerprint density at radius 2 is 1.90 bits per heavy atom. The van der Waals surface area contributed by atoms with E-state index in [0.29, 0.717) is 55.2 Å². The molecule has 2 aromatic carbocycles. The van der Waals surface area contributed by atoms with E-state index in [-0.39, 0.29) is 11.6 Å². The number of nitriles is 1. The van der Waals surface area contributed by atoms with Gasteiger partial charge in [0.15, 0.2) is 11.5 Å². The highest BCUT2D eigenvalue weighted by molar-refractivity contribution is 6.30. The van der Waals surface area contributed by atoms with Crippen molar-refractivity contribution in [3.05, 3.63) is 88.1 Å². The summed E-state index contributed by atoms with van der Waals surface area (Å²) in [5, 5.41) is 21.4. The van der Waals surface area contributed by atoms with Crippen LogP contribution in [0.1, 0.15) is 35.6 Å². The summed E-state index contributed by atoms with van der Waals surface area (Å²) in [7, 11) is 0. The Labute approximate surface area is 231 Å². The van der Waals surface area contributed by atoms with Crippen LogP contribution in [-0.4, -0.2) is 59.8 Å². The van der Waals surface area contributed by atoms with Gasteiger partial charge in [0.1, 0.15) is 17.7 Å². The third-order valence-electron chi connectivity index (χ3n) is 7.59. The third kappa shape index (κ3) is 6.35. The fourth-order valence-corrected chi connectivity index (χ4v) is 5.72. The van der Waals surface area contributed by atoms with Crippen LogP contribution < -0.4 is 10.2 Å². The van der Waals surface area contributed by atoms with E-state index in [1.807, 2.05) is 40.1 Å². The molecule has 1 N–H and O–H groups in total. The van der Waals surface area contributed by atoms with Crippen molar-refractivity contribution in [3.8, 4) is 6.07 Å². The molecule has 2 aliphatic rings. The molecule has 0 aliphatic carbocycles. The van der Waals surface area contributed by atoms with Gasteiger partial charge in [0, 0.05) is 55.8 Å². The van der Waals surface area contributed by atoms with Crippen molar-refractivity contribution in [2.45, 2.75) is 31.2 Å². The van der Waals surface area contributed by atoms with Crippen LogP contribution in [0.2, 0.25) is 5.02 Å². The summed E-state index contributed by atoms with van der Waals surface area (Å²) in [6.07, 6.45) is 2.64. The Bertz CT molecular complexity index is 1340. The molecule has 2 aliphatic heterocycles. The normalized spacial score (nSPS) is 21.7. The molecule has 0 saturated carbocycles. The average molecular weight is 551 g/mol. The molecule has 0 bridgehead atoms. The molecule has 3 heterocycles. The number of nitrogens with one attached hydrogen (secondary N) is 1. The molecule has 2 unspecified atom stereocenters. The zero-order chi connectivity index (χ0) is 27.4. The van der Waals surface area contributed by atoms with Crippen LogP contribution in [0.5, 0.6) is 0 Å². The largest absolute Gasteiger partial charge is 0.354 e. The molecule has 5 rings (SSSR count). The monoisotopic (exact) mass is 550 g/mol. The summed E-state index contributed by atoms with van der Waals surface area (Å²) in [5.74, 6) is -1.87. The highest BCUT2D eigenvalue weighted by Gasteiger charge is 2.42. The molecular weight excluding hydrogens is 522 g/mol. The summed E-state index contributed by atoms with van der Waals surface area (Å²) in [4.78, 5) is 17.6. The minimum Gasteiger partial charge on any atom is -0.354 e. The third-order valence-corrected chi connectivity index (χ3v) is 7.84. The van der Waals surface area contributed by atoms with Gasteiger partial charge in [0.25, 0.3) is 0 Å². The summed E-state index contributed by atoms with van der Waals surface area (Å²) in [5.41, 5.74) is 1.72. The maximum Gasteiger partial charge on any atom is 0.228 e. The van der Waals surface area contributed by atoms with Crippen molar-refractivity contribution < 1.29 is 13.6 Å². The van der Waals surface area contributed by atoms with Crippen molar-refractivity contribution in [2.24, 2.45) is 5.92 Å². The van der Waals surface area contributed by atoms with E-state index in [9.17, 15) is 13.6 Å². The molecule has 1 amide bonds. The van der Waals surface area contributed by atoms with E-state index in [4.69, 9.17) is 16.9 Å². The van der Waals surface area contributed by atoms with Gasteiger partial charge in [-0.2, -0.15) is 5.26 Å². The minimum absolute atomic E-state index is 0.0502. The molecule has 10 heteroatoms. The number of carbonyl (C=O) groups excluding carboxylic acids is 1. The van der Waals surface area contributed by atoms with Gasteiger partial charge in [-0.1, -0.05) is 29.8 Å². The number of benzene rings is 2. The van der Waals surface area contributed by atoms with Crippen LogP contribution in [0.25, 0.3) is 0 Å². The molecule has 7 nitrogen and oxygen atoms in total. The predicted molar refractivity (Wildman–Crippen MR) is 144 cm³/mol. The Morgan fingerprint density at radius 3 is 2.62 bits per heavy atom. The average Bonchev–Trinajstić information content (AvgIpc) is 3.36. The van der Waals surface area contributed by atoms with Crippen molar-refractivity contribution in [3.63, 3.8) is 0 Å². The number of amides is 1. The van der Waals surface area contributed by atoms with Crippen molar-refractivity contribution in [1.29, 1.82) is 5.26 Å². The molecule has 3 atom stereocenters. The Kier molecular flexibility index (Phi) is 8.34. The Balaban J connectivity index is 1.30. The molecule has 3 aromatic rings. The fourth-order valence-electron chi connectivity index (χ4n) is 5.59. The van der Waals surface area contributed by atoms with Crippen molar-refractivity contribution in [1.82, 2.24) is 20.4 Å². The second-order valence-electron chi connectivity index (χ2n) is 10.1. The standard InChI is InChI=1S/C29H29ClF2N6O/c30-20-5-3-19(4-6-20)14-22-2-1-12-37(13-11-34-22)29(39)26-18-38(28-10-8-23(16-33)35-36-28)17-25(26)24-9-7-21(31)15-27(24)32/h3-10,15,22,25-26,34H,1-2,11-14,17-18H2/t22?,25?,26-/m1/s1. The van der Waals surface area contributed by atoms with Crippen LogP contribution in [0.4, 0.5) is 14.6 Å². The van der Waals surface area contributed by atoms with E-state index in [0.717, 1.165) is 25.3 Å². The van der Waals surface area contributed by atoms with Crippen LogP contribution in [0.15, 0.2) is 54.6 Å². The van der Waals surface area contributed by atoms with Crippen LogP contribution in [0.3, 0.4) is 0 Å². The highest BCUT2D eigenvalue weighted by Crippen LogP contribution is 2.37. The SMILES string of the molecule is N#Cc1ccc(N2CC(c3ccc(F)cc3F)[C@H](C(=O)N3CCCC(Cc4ccc(Cl)cc4)NCC3)C2)nn1. The lowest BCUT2D eigenvalue weighted by Gasteiger charge is -2.32. The molecule has 2 fully saturated rings. The van der Waals surface area contributed by atoms with Crippen LogP contribution >= 0.6 is 11.6 Å². The number of carbonyl (C=O) groups is 1.